The van der Waals surface area contributed by atoms with E-state index in [0.717, 1.165) is 6.54 Å². The zero-order valence-corrected chi connectivity index (χ0v) is 11.9. The van der Waals surface area contributed by atoms with E-state index in [1.807, 2.05) is 0 Å². The summed E-state index contributed by atoms with van der Waals surface area (Å²) in [5.74, 6) is 0.698. The molecular weight excluding hydrogens is 205 g/mol. The van der Waals surface area contributed by atoms with Crippen molar-refractivity contribution in [3.8, 4) is 0 Å². The van der Waals surface area contributed by atoms with Crippen LogP contribution in [0.2, 0.25) is 0 Å². The van der Waals surface area contributed by atoms with Gasteiger partial charge in [-0.25, -0.2) is 0 Å². The van der Waals surface area contributed by atoms with Crippen molar-refractivity contribution < 1.29 is 0 Å². The first kappa shape index (κ1) is 14.3. The second-order valence-corrected chi connectivity index (χ2v) is 5.38. The summed E-state index contributed by atoms with van der Waals surface area (Å²) in [4.78, 5) is 2.22. The lowest BCUT2D eigenvalue weighted by Crippen LogP contribution is -2.11. The van der Waals surface area contributed by atoms with Gasteiger partial charge in [-0.15, -0.1) is 0 Å². The lowest BCUT2D eigenvalue weighted by atomic mass is 9.77. The second kappa shape index (κ2) is 7.55. The van der Waals surface area contributed by atoms with E-state index >= 15 is 0 Å². The summed E-state index contributed by atoms with van der Waals surface area (Å²) in [6, 6.07) is 9.07. The van der Waals surface area contributed by atoms with Crippen LogP contribution in [-0.2, 0) is 6.54 Å². The third kappa shape index (κ3) is 5.40. The van der Waals surface area contributed by atoms with E-state index < -0.39 is 0 Å². The molecule has 2 heteroatoms. The van der Waals surface area contributed by atoms with Crippen molar-refractivity contribution in [3.63, 3.8) is 0 Å². The predicted molar refractivity (Wildman–Crippen MR) is 79.3 cm³/mol. The molecule has 1 nitrogen and oxygen atoms in total. The van der Waals surface area contributed by atoms with Crippen LogP contribution in [-0.4, -0.2) is 26.8 Å². The number of nitrogens with zero attached hydrogens (tertiary/aromatic N) is 1. The molecule has 1 rings (SSSR count). The highest BCUT2D eigenvalue weighted by Gasteiger charge is 2.06. The van der Waals surface area contributed by atoms with Gasteiger partial charge in [0.15, 0.2) is 0 Å². The molecule has 0 amide bonds. The number of unbranched alkanes of at least 4 members (excludes halogenated alkanes) is 2. The highest BCUT2D eigenvalue weighted by atomic mass is 15.0. The molecule has 17 heavy (non-hydrogen) atoms. The van der Waals surface area contributed by atoms with E-state index in [9.17, 15) is 0 Å². The van der Waals surface area contributed by atoms with Gasteiger partial charge in [0.25, 0.3) is 0 Å². The van der Waals surface area contributed by atoms with Crippen molar-refractivity contribution >= 4 is 7.85 Å². The quantitative estimate of drug-likeness (QED) is 0.515. The highest BCUT2D eigenvalue weighted by molar-refractivity contribution is 6.12. The number of hydrogen-bond donors (Lipinski definition) is 0. The van der Waals surface area contributed by atoms with Crippen LogP contribution in [0, 0.1) is 0 Å². The molecule has 1 aromatic rings. The molecule has 0 saturated heterocycles. The number of rotatable bonds is 7. The fourth-order valence-electron chi connectivity index (χ4n) is 2.23. The zero-order valence-electron chi connectivity index (χ0n) is 11.9. The minimum Gasteiger partial charge on any atom is -0.305 e. The molecule has 0 aliphatic heterocycles. The Morgan fingerprint density at radius 3 is 2.65 bits per heavy atom. The SMILES string of the molecule is BC(CCCCC)c1cccc(CN(C)C)c1. The van der Waals surface area contributed by atoms with E-state index in [-0.39, 0.29) is 0 Å². The van der Waals surface area contributed by atoms with Crippen molar-refractivity contribution in [1.29, 1.82) is 0 Å². The van der Waals surface area contributed by atoms with Crippen LogP contribution in [0.15, 0.2) is 24.3 Å². The van der Waals surface area contributed by atoms with Crippen LogP contribution in [0.3, 0.4) is 0 Å². The minimum atomic E-state index is 0.698. The second-order valence-electron chi connectivity index (χ2n) is 5.38. The van der Waals surface area contributed by atoms with Gasteiger partial charge in [0.05, 0.1) is 0 Å². The summed E-state index contributed by atoms with van der Waals surface area (Å²) in [6.45, 7) is 3.30. The fourth-order valence-corrected chi connectivity index (χ4v) is 2.23. The monoisotopic (exact) mass is 231 g/mol. The predicted octanol–water partition coefficient (Wildman–Crippen LogP) is 3.00. The Bertz CT molecular complexity index is 322. The average Bonchev–Trinajstić information content (AvgIpc) is 2.28. The molecular formula is C15H26BN. The Morgan fingerprint density at radius 2 is 2.00 bits per heavy atom. The van der Waals surface area contributed by atoms with Gasteiger partial charge in [-0.3, -0.25) is 0 Å². The standard InChI is InChI=1S/C15H26BN/c1-4-5-6-10-15(16)14-9-7-8-13(11-14)12-17(2)3/h7-9,11,15H,4-6,10,12,16H2,1-3H3. The molecule has 0 aromatic heterocycles. The van der Waals surface area contributed by atoms with Gasteiger partial charge in [0, 0.05) is 6.54 Å². The van der Waals surface area contributed by atoms with Crippen LogP contribution < -0.4 is 0 Å². The molecule has 0 radical (unpaired) electrons. The van der Waals surface area contributed by atoms with Gasteiger partial charge in [-0.1, -0.05) is 62.4 Å². The summed E-state index contributed by atoms with van der Waals surface area (Å²) < 4.78 is 0. The molecule has 0 saturated carbocycles. The highest BCUT2D eigenvalue weighted by Crippen LogP contribution is 2.20. The van der Waals surface area contributed by atoms with Crippen molar-refractivity contribution in [1.82, 2.24) is 4.90 Å². The smallest absolute Gasteiger partial charge is 0.111 e. The zero-order chi connectivity index (χ0) is 12.7. The van der Waals surface area contributed by atoms with E-state index in [1.54, 1.807) is 0 Å². The van der Waals surface area contributed by atoms with Gasteiger partial charge in [-0.2, -0.15) is 0 Å². The van der Waals surface area contributed by atoms with E-state index in [1.165, 1.54) is 36.8 Å². The van der Waals surface area contributed by atoms with Gasteiger partial charge in [0.2, 0.25) is 0 Å². The molecule has 1 atom stereocenters. The van der Waals surface area contributed by atoms with Gasteiger partial charge < -0.3 is 4.90 Å². The van der Waals surface area contributed by atoms with Crippen LogP contribution in [0.4, 0.5) is 0 Å². The molecule has 94 valence electrons. The number of benzene rings is 1. The molecule has 0 fully saturated rings. The summed E-state index contributed by atoms with van der Waals surface area (Å²) in [5, 5.41) is 0. The third-order valence-corrected chi connectivity index (χ3v) is 3.26. The first-order chi connectivity index (χ1) is 8.13. The first-order valence-electron chi connectivity index (χ1n) is 6.87. The van der Waals surface area contributed by atoms with Crippen LogP contribution in [0.5, 0.6) is 0 Å². The molecule has 1 aromatic carbocycles. The van der Waals surface area contributed by atoms with Crippen molar-refractivity contribution in [2.75, 3.05) is 14.1 Å². The Hall–Kier alpha value is -0.755. The van der Waals surface area contributed by atoms with Crippen LogP contribution >= 0.6 is 0 Å². The summed E-state index contributed by atoms with van der Waals surface area (Å²) in [5.41, 5.74) is 2.93. The summed E-state index contributed by atoms with van der Waals surface area (Å²) in [6.07, 6.45) is 5.35. The van der Waals surface area contributed by atoms with E-state index in [0.29, 0.717) is 5.82 Å². The average molecular weight is 231 g/mol. The van der Waals surface area contributed by atoms with Crippen molar-refractivity contribution in [3.05, 3.63) is 35.4 Å². The molecule has 0 bridgehead atoms. The largest absolute Gasteiger partial charge is 0.305 e. The molecule has 1 unspecified atom stereocenters. The van der Waals surface area contributed by atoms with Crippen molar-refractivity contribution in [2.45, 2.75) is 45.0 Å². The molecule has 0 aliphatic carbocycles. The fraction of sp³-hybridized carbons (Fsp3) is 0.600. The first-order valence-corrected chi connectivity index (χ1v) is 6.87. The Kier molecular flexibility index (Phi) is 6.35. The molecule has 0 aliphatic rings. The topological polar surface area (TPSA) is 3.24 Å². The van der Waals surface area contributed by atoms with E-state index in [2.05, 4.69) is 58.0 Å². The maximum Gasteiger partial charge on any atom is 0.111 e. The summed E-state index contributed by atoms with van der Waals surface area (Å²) >= 11 is 0. The molecule has 0 N–H and O–H groups in total. The van der Waals surface area contributed by atoms with Crippen molar-refractivity contribution in [2.24, 2.45) is 0 Å². The lowest BCUT2D eigenvalue weighted by Gasteiger charge is -2.15. The van der Waals surface area contributed by atoms with Gasteiger partial charge in [-0.05, 0) is 25.5 Å². The molecule has 0 spiro atoms. The van der Waals surface area contributed by atoms with Crippen LogP contribution in [0.1, 0.15) is 49.6 Å². The van der Waals surface area contributed by atoms with Gasteiger partial charge >= 0.3 is 0 Å². The lowest BCUT2D eigenvalue weighted by molar-refractivity contribution is 0.402. The maximum atomic E-state index is 2.37. The van der Waals surface area contributed by atoms with Gasteiger partial charge in [0.1, 0.15) is 7.85 Å². The van der Waals surface area contributed by atoms with E-state index in [4.69, 9.17) is 0 Å². The Labute approximate surface area is 108 Å². The normalized spacial score (nSPS) is 12.9. The van der Waals surface area contributed by atoms with Crippen LogP contribution in [0.25, 0.3) is 0 Å². The third-order valence-electron chi connectivity index (χ3n) is 3.26. The maximum absolute atomic E-state index is 2.37. The molecule has 0 heterocycles. The minimum absolute atomic E-state index is 0.698. The Balaban J connectivity index is 2.57. The number of hydrogen-bond acceptors (Lipinski definition) is 1. The summed E-state index contributed by atoms with van der Waals surface area (Å²) in [7, 11) is 6.60. The Morgan fingerprint density at radius 1 is 1.24 bits per heavy atom.